The number of alkyl halides is 1. The summed E-state index contributed by atoms with van der Waals surface area (Å²) in [7, 11) is 0. The average Bonchev–Trinajstić information content (AvgIpc) is 2.53. The molecule has 3 aromatic carbocycles. The van der Waals surface area contributed by atoms with Crippen molar-refractivity contribution in [2.75, 3.05) is 0 Å². The number of hydrogen-bond donors (Lipinski definition) is 0. The first kappa shape index (κ1) is 19.0. The van der Waals surface area contributed by atoms with Crippen LogP contribution in [0.25, 0.3) is 10.8 Å². The van der Waals surface area contributed by atoms with Crippen LogP contribution in [-0.2, 0) is 38.6 Å². The van der Waals surface area contributed by atoms with E-state index in [2.05, 4.69) is 6.07 Å². The van der Waals surface area contributed by atoms with Gasteiger partial charge in [-0.25, -0.2) is 0 Å². The van der Waals surface area contributed by atoms with Crippen LogP contribution in [0.1, 0.15) is 21.5 Å². The van der Waals surface area contributed by atoms with Crippen LogP contribution < -0.4 is 0 Å². The molecule has 0 spiro atoms. The molecular formula is C19H15ClOY-2. The molecule has 0 aliphatic rings. The van der Waals surface area contributed by atoms with Crippen molar-refractivity contribution in [3.8, 4) is 0 Å². The van der Waals surface area contributed by atoms with Gasteiger partial charge in [-0.1, -0.05) is 48.0 Å². The topological polar surface area (TPSA) is 17.1 Å². The molecular weight excluding hydrogens is 369 g/mol. The van der Waals surface area contributed by atoms with Gasteiger partial charge in [0, 0.05) is 38.6 Å². The Morgan fingerprint density at radius 3 is 2.50 bits per heavy atom. The standard InChI is InChI=1S/C18H12ClO.CH3.Y/c19-12-14-7-2-4-10-16(14)18(20)17-11-5-8-13-6-1-3-9-15(13)17;;/h1-9,11H,12H2;1H3;/q2*-1;. The van der Waals surface area contributed by atoms with Crippen molar-refractivity contribution in [1.82, 2.24) is 0 Å². The van der Waals surface area contributed by atoms with Crippen molar-refractivity contribution in [2.45, 2.75) is 5.88 Å². The summed E-state index contributed by atoms with van der Waals surface area (Å²) in [6, 6.07) is 22.1. The fourth-order valence-corrected chi connectivity index (χ4v) is 2.58. The number of fused-ring (bicyclic) bond motifs is 1. The second-order valence-electron chi connectivity index (χ2n) is 4.56. The van der Waals surface area contributed by atoms with Crippen LogP contribution in [0.5, 0.6) is 0 Å². The van der Waals surface area contributed by atoms with Crippen molar-refractivity contribution in [2.24, 2.45) is 0 Å². The normalized spacial score (nSPS) is 9.68. The summed E-state index contributed by atoms with van der Waals surface area (Å²) in [4.78, 5) is 12.8. The maximum Gasteiger partial charge on any atom is 0.109 e. The van der Waals surface area contributed by atoms with Crippen molar-refractivity contribution >= 4 is 28.2 Å². The first-order valence-corrected chi connectivity index (χ1v) is 6.92. The van der Waals surface area contributed by atoms with E-state index in [1.165, 1.54) is 0 Å². The molecule has 0 bridgehead atoms. The average molecular weight is 384 g/mol. The summed E-state index contributed by atoms with van der Waals surface area (Å²) in [5.41, 5.74) is 2.06. The third-order valence-electron chi connectivity index (χ3n) is 3.35. The molecule has 0 saturated heterocycles. The van der Waals surface area contributed by atoms with E-state index in [0.29, 0.717) is 17.0 Å². The number of carbonyl (C=O) groups excluding carboxylic acids is 1. The van der Waals surface area contributed by atoms with E-state index in [1.807, 2.05) is 54.6 Å². The second-order valence-corrected chi connectivity index (χ2v) is 4.83. The van der Waals surface area contributed by atoms with Crippen molar-refractivity contribution in [1.29, 1.82) is 0 Å². The van der Waals surface area contributed by atoms with E-state index in [9.17, 15) is 4.79 Å². The Hall–Kier alpha value is -1.02. The number of halogens is 1. The van der Waals surface area contributed by atoms with Gasteiger partial charge < -0.3 is 12.2 Å². The SMILES string of the molecule is O=C(c1[c-]cccc1CCl)c1cccc2ccccc12.[CH3-].[Y]. The second kappa shape index (κ2) is 8.57. The van der Waals surface area contributed by atoms with Crippen LogP contribution in [0, 0.1) is 13.5 Å². The fourth-order valence-electron chi connectivity index (χ4n) is 2.35. The van der Waals surface area contributed by atoms with Gasteiger partial charge in [-0.3, -0.25) is 0 Å². The monoisotopic (exact) mass is 383 g/mol. The molecule has 1 nitrogen and oxygen atoms in total. The Bertz CT molecular complexity index is 778. The number of benzene rings is 3. The number of rotatable bonds is 3. The van der Waals surface area contributed by atoms with Gasteiger partial charge in [-0.05, 0) is 16.3 Å². The Balaban J connectivity index is 0.00000121. The summed E-state index contributed by atoms with van der Waals surface area (Å²) in [5, 5.41) is 2.01. The van der Waals surface area contributed by atoms with Crippen LogP contribution in [0.15, 0.2) is 60.7 Å². The Morgan fingerprint density at radius 1 is 1.00 bits per heavy atom. The van der Waals surface area contributed by atoms with E-state index >= 15 is 0 Å². The van der Waals surface area contributed by atoms with Gasteiger partial charge in [0.05, 0.1) is 0 Å². The predicted molar refractivity (Wildman–Crippen MR) is 88.6 cm³/mol. The van der Waals surface area contributed by atoms with Gasteiger partial charge in [-0.15, -0.1) is 41.4 Å². The molecule has 3 heteroatoms. The molecule has 1 radical (unpaired) electrons. The molecule has 0 unspecified atom stereocenters. The predicted octanol–water partition coefficient (Wildman–Crippen LogP) is 5.06. The fraction of sp³-hybridized carbons (Fsp3) is 0.0526. The summed E-state index contributed by atoms with van der Waals surface area (Å²) in [5.74, 6) is 0.279. The molecule has 0 saturated carbocycles. The van der Waals surface area contributed by atoms with Crippen LogP contribution in [0.2, 0.25) is 0 Å². The number of hydrogen-bond acceptors (Lipinski definition) is 1. The van der Waals surface area contributed by atoms with Gasteiger partial charge in [0.25, 0.3) is 0 Å². The number of carbonyl (C=O) groups is 1. The molecule has 3 aromatic rings. The van der Waals surface area contributed by atoms with E-state index in [0.717, 1.165) is 16.3 Å². The zero-order valence-corrected chi connectivity index (χ0v) is 15.9. The quantitative estimate of drug-likeness (QED) is 0.351. The summed E-state index contributed by atoms with van der Waals surface area (Å²) in [6.07, 6.45) is 0. The third kappa shape index (κ3) is 3.66. The van der Waals surface area contributed by atoms with Gasteiger partial charge in [0.1, 0.15) is 5.78 Å². The largest absolute Gasteiger partial charge is 0.358 e. The molecule has 0 N–H and O–H groups in total. The van der Waals surface area contributed by atoms with E-state index in [4.69, 9.17) is 11.6 Å². The molecule has 0 fully saturated rings. The zero-order valence-electron chi connectivity index (χ0n) is 12.3. The summed E-state index contributed by atoms with van der Waals surface area (Å²) >= 11 is 5.91. The summed E-state index contributed by atoms with van der Waals surface area (Å²) < 4.78 is 0. The van der Waals surface area contributed by atoms with Gasteiger partial charge in [0.15, 0.2) is 0 Å². The Kier molecular flexibility index (Phi) is 7.42. The van der Waals surface area contributed by atoms with Crippen molar-refractivity contribution < 1.29 is 37.5 Å². The van der Waals surface area contributed by atoms with Gasteiger partial charge in [0.2, 0.25) is 0 Å². The zero-order chi connectivity index (χ0) is 13.9. The number of ketones is 1. The molecule has 3 rings (SSSR count). The van der Waals surface area contributed by atoms with E-state index in [-0.39, 0.29) is 45.9 Å². The summed E-state index contributed by atoms with van der Waals surface area (Å²) in [6.45, 7) is 0. The van der Waals surface area contributed by atoms with Crippen molar-refractivity contribution in [3.63, 3.8) is 0 Å². The molecule has 109 valence electrons. The first-order valence-electron chi connectivity index (χ1n) is 6.39. The van der Waals surface area contributed by atoms with Crippen LogP contribution in [0.3, 0.4) is 0 Å². The van der Waals surface area contributed by atoms with Crippen LogP contribution >= 0.6 is 11.6 Å². The van der Waals surface area contributed by atoms with Gasteiger partial charge in [-0.2, -0.15) is 0 Å². The Labute approximate surface area is 161 Å². The molecule has 0 amide bonds. The minimum Gasteiger partial charge on any atom is -0.358 e. The minimum absolute atomic E-state index is 0. The maximum absolute atomic E-state index is 12.8. The smallest absolute Gasteiger partial charge is 0.109 e. The van der Waals surface area contributed by atoms with Crippen LogP contribution in [-0.4, -0.2) is 5.78 Å². The molecule has 0 aromatic heterocycles. The van der Waals surface area contributed by atoms with Crippen LogP contribution in [0.4, 0.5) is 0 Å². The molecule has 0 heterocycles. The van der Waals surface area contributed by atoms with E-state index < -0.39 is 0 Å². The minimum atomic E-state index is -0.0296. The first-order chi connectivity index (χ1) is 9.81. The van der Waals surface area contributed by atoms with E-state index in [1.54, 1.807) is 6.07 Å². The molecule has 0 atom stereocenters. The molecule has 0 aliphatic carbocycles. The van der Waals surface area contributed by atoms with Crippen molar-refractivity contribution in [3.05, 3.63) is 90.8 Å². The molecule has 0 aliphatic heterocycles. The molecule has 22 heavy (non-hydrogen) atoms. The Morgan fingerprint density at radius 2 is 1.73 bits per heavy atom. The third-order valence-corrected chi connectivity index (χ3v) is 3.64. The van der Waals surface area contributed by atoms with Gasteiger partial charge >= 0.3 is 0 Å². The maximum atomic E-state index is 12.8.